The van der Waals surface area contributed by atoms with Crippen LogP contribution in [0.5, 0.6) is 0 Å². The molecular weight excluding hydrogens is 304 g/mol. The van der Waals surface area contributed by atoms with Crippen LogP contribution in [0.2, 0.25) is 5.02 Å². The lowest BCUT2D eigenvalue weighted by atomic mass is 10.2. The number of pyridine rings is 1. The van der Waals surface area contributed by atoms with Crippen LogP contribution in [0.1, 0.15) is 22.8 Å². The summed E-state index contributed by atoms with van der Waals surface area (Å²) in [7, 11) is 0. The minimum Gasteiger partial charge on any atom is -0.710 e. The van der Waals surface area contributed by atoms with Gasteiger partial charge < -0.3 is 5.21 Å². The summed E-state index contributed by atoms with van der Waals surface area (Å²) in [6, 6.07) is 9.94. The highest BCUT2D eigenvalue weighted by Crippen LogP contribution is 2.18. The average Bonchev–Trinajstić information content (AvgIpc) is 2.86. The van der Waals surface area contributed by atoms with Gasteiger partial charge in [-0.3, -0.25) is 4.84 Å². The van der Waals surface area contributed by atoms with Gasteiger partial charge >= 0.3 is 11.6 Å². The molecular formula is C16H13ClN2O3. The third-order valence-electron chi connectivity index (χ3n) is 3.38. The molecule has 2 aromatic heterocycles. The van der Waals surface area contributed by atoms with Crippen molar-refractivity contribution in [3.05, 3.63) is 70.1 Å². The summed E-state index contributed by atoms with van der Waals surface area (Å²) in [5.41, 5.74) is 1.54. The second-order valence-corrected chi connectivity index (χ2v) is 5.23. The Kier molecular flexibility index (Phi) is 3.73. The Morgan fingerprint density at radius 2 is 2.18 bits per heavy atom. The topological polar surface area (TPSA) is 58.2 Å². The first kappa shape index (κ1) is 14.4. The minimum absolute atomic E-state index is 0.287. The summed E-state index contributed by atoms with van der Waals surface area (Å²) < 4.78 is 1.89. The molecule has 2 heterocycles. The highest BCUT2D eigenvalue weighted by atomic mass is 35.5. The first-order valence-electron chi connectivity index (χ1n) is 6.80. The molecule has 22 heavy (non-hydrogen) atoms. The molecule has 0 aliphatic heterocycles. The van der Waals surface area contributed by atoms with E-state index in [1.54, 1.807) is 30.5 Å². The fourth-order valence-electron chi connectivity index (χ4n) is 2.33. The van der Waals surface area contributed by atoms with Crippen LogP contribution in [-0.2, 0) is 6.42 Å². The lowest BCUT2D eigenvalue weighted by Gasteiger charge is -2.05. The molecule has 0 saturated heterocycles. The molecule has 0 aliphatic rings. The molecule has 112 valence electrons. The lowest BCUT2D eigenvalue weighted by Crippen LogP contribution is -2.31. The number of halogens is 1. The van der Waals surface area contributed by atoms with Crippen molar-refractivity contribution in [2.24, 2.45) is 0 Å². The number of nitrogens with zero attached hydrogens (tertiary/aromatic N) is 2. The van der Waals surface area contributed by atoms with Crippen LogP contribution in [0.3, 0.4) is 0 Å². The van der Waals surface area contributed by atoms with Gasteiger partial charge in [-0.25, -0.2) is 9.52 Å². The molecule has 6 heteroatoms. The quantitative estimate of drug-likeness (QED) is 0.551. The molecule has 1 aromatic carbocycles. The number of hydrogen-bond acceptors (Lipinski definition) is 3. The maximum Gasteiger partial charge on any atom is 0.388 e. The Balaban J connectivity index is 2.02. The van der Waals surface area contributed by atoms with Gasteiger partial charge in [0.25, 0.3) is 0 Å². The third-order valence-corrected chi connectivity index (χ3v) is 3.62. The number of aromatic nitrogens is 2. The summed E-state index contributed by atoms with van der Waals surface area (Å²) in [6.45, 7) is 1.97. The van der Waals surface area contributed by atoms with Crippen LogP contribution in [0.4, 0.5) is 0 Å². The van der Waals surface area contributed by atoms with Gasteiger partial charge in [0.1, 0.15) is 6.20 Å². The Hall–Kier alpha value is -2.53. The van der Waals surface area contributed by atoms with Gasteiger partial charge in [-0.2, -0.15) is 0 Å². The highest BCUT2D eigenvalue weighted by molar-refractivity contribution is 6.30. The van der Waals surface area contributed by atoms with Gasteiger partial charge in [-0.05, 0) is 41.5 Å². The normalized spacial score (nSPS) is 10.8. The second kappa shape index (κ2) is 5.69. The molecule has 0 atom stereocenters. The van der Waals surface area contributed by atoms with E-state index in [2.05, 4.69) is 0 Å². The maximum atomic E-state index is 12.2. The van der Waals surface area contributed by atoms with E-state index < -0.39 is 5.97 Å². The summed E-state index contributed by atoms with van der Waals surface area (Å²) in [6.07, 6.45) is 3.75. The highest BCUT2D eigenvalue weighted by Gasteiger charge is 2.21. The van der Waals surface area contributed by atoms with Crippen molar-refractivity contribution in [2.75, 3.05) is 0 Å². The lowest BCUT2D eigenvalue weighted by molar-refractivity contribution is -0.581. The van der Waals surface area contributed by atoms with Crippen LogP contribution in [0.15, 0.2) is 48.8 Å². The number of benzene rings is 1. The molecule has 0 unspecified atom stereocenters. The predicted octanol–water partition coefficient (Wildman–Crippen LogP) is 2.76. The number of fused-ring (bicyclic) bond motifs is 1. The number of hydrogen-bond donors (Lipinski definition) is 0. The summed E-state index contributed by atoms with van der Waals surface area (Å²) in [5, 5.41) is 13.2. The first-order chi connectivity index (χ1) is 10.6. The van der Waals surface area contributed by atoms with E-state index in [0.29, 0.717) is 15.3 Å². The van der Waals surface area contributed by atoms with E-state index in [-0.39, 0.29) is 5.65 Å². The van der Waals surface area contributed by atoms with E-state index in [9.17, 15) is 10.0 Å². The molecule has 0 radical (unpaired) electrons. The van der Waals surface area contributed by atoms with Crippen molar-refractivity contribution in [3.8, 4) is 0 Å². The van der Waals surface area contributed by atoms with Crippen LogP contribution >= 0.6 is 11.6 Å². The van der Waals surface area contributed by atoms with E-state index >= 15 is 0 Å². The molecule has 0 N–H and O–H groups in total. The average molecular weight is 317 g/mol. The molecule has 5 nitrogen and oxygen atoms in total. The zero-order valence-electron chi connectivity index (χ0n) is 11.8. The molecule has 0 saturated carbocycles. The second-order valence-electron chi connectivity index (χ2n) is 4.79. The van der Waals surface area contributed by atoms with Crippen molar-refractivity contribution in [2.45, 2.75) is 13.3 Å². The van der Waals surface area contributed by atoms with E-state index in [4.69, 9.17) is 16.4 Å². The smallest absolute Gasteiger partial charge is 0.388 e. The van der Waals surface area contributed by atoms with Gasteiger partial charge in [-0.1, -0.05) is 24.6 Å². The molecule has 0 spiro atoms. The molecule has 0 amide bonds. The van der Waals surface area contributed by atoms with Gasteiger partial charge in [0.15, 0.2) is 0 Å². The van der Waals surface area contributed by atoms with E-state index in [0.717, 1.165) is 17.4 Å². The van der Waals surface area contributed by atoms with Gasteiger partial charge in [0.05, 0.1) is 17.1 Å². The summed E-state index contributed by atoms with van der Waals surface area (Å²) in [5.74, 6) is -0.578. The molecule has 0 bridgehead atoms. The number of carbonyl (C=O) groups is 1. The first-order valence-corrected chi connectivity index (χ1v) is 7.18. The van der Waals surface area contributed by atoms with Gasteiger partial charge in [-0.15, -0.1) is 0 Å². The fraction of sp³-hybridized carbons (Fsp3) is 0.125. The van der Waals surface area contributed by atoms with Gasteiger partial charge in [0.2, 0.25) is 0 Å². The molecule has 0 fully saturated rings. The summed E-state index contributed by atoms with van der Waals surface area (Å²) in [4.78, 5) is 17.5. The Bertz CT molecular complexity index is 858. The SMILES string of the molecule is CCc1cn(OC(=O)c2cccc(Cl)c2)c2c1ccc[n+]2[O-]. The maximum absolute atomic E-state index is 12.2. The molecule has 0 aliphatic carbocycles. The largest absolute Gasteiger partial charge is 0.710 e. The van der Waals surface area contributed by atoms with Crippen LogP contribution in [-0.4, -0.2) is 10.7 Å². The van der Waals surface area contributed by atoms with Gasteiger partial charge in [0, 0.05) is 10.6 Å². The number of aryl methyl sites for hydroxylation is 1. The number of carbonyl (C=O) groups excluding carboxylic acids is 1. The minimum atomic E-state index is -0.578. The van der Waals surface area contributed by atoms with Crippen molar-refractivity contribution in [1.82, 2.24) is 4.73 Å². The zero-order valence-corrected chi connectivity index (χ0v) is 12.6. The zero-order chi connectivity index (χ0) is 15.7. The van der Waals surface area contributed by atoms with Crippen molar-refractivity contribution in [3.63, 3.8) is 0 Å². The monoisotopic (exact) mass is 316 g/mol. The van der Waals surface area contributed by atoms with E-state index in [1.165, 1.54) is 17.0 Å². The van der Waals surface area contributed by atoms with Crippen LogP contribution in [0.25, 0.3) is 11.0 Å². The van der Waals surface area contributed by atoms with Crippen LogP contribution < -0.4 is 9.57 Å². The Morgan fingerprint density at radius 3 is 2.91 bits per heavy atom. The fourth-order valence-corrected chi connectivity index (χ4v) is 2.52. The van der Waals surface area contributed by atoms with Crippen LogP contribution in [0, 0.1) is 5.21 Å². The Labute approximate surface area is 131 Å². The molecule has 3 aromatic rings. The van der Waals surface area contributed by atoms with E-state index in [1.807, 2.05) is 13.0 Å². The third kappa shape index (κ3) is 2.51. The standard InChI is InChI=1S/C16H13ClN2O3/c1-2-11-10-19(15-14(11)7-4-8-18(15)21)22-16(20)12-5-3-6-13(17)9-12/h3-10H,2H2,1H3. The number of rotatable bonds is 3. The van der Waals surface area contributed by atoms with Crippen molar-refractivity contribution in [1.29, 1.82) is 0 Å². The van der Waals surface area contributed by atoms with Crippen molar-refractivity contribution < 1.29 is 14.4 Å². The molecule has 3 rings (SSSR count). The van der Waals surface area contributed by atoms with Crippen molar-refractivity contribution >= 4 is 28.6 Å². The summed E-state index contributed by atoms with van der Waals surface area (Å²) >= 11 is 5.87. The predicted molar refractivity (Wildman–Crippen MR) is 82.6 cm³/mol. The Morgan fingerprint density at radius 1 is 1.36 bits per heavy atom.